The fraction of sp³-hybridized carbons (Fsp3) is 0.258. The van der Waals surface area contributed by atoms with Crippen LogP contribution < -0.4 is 16.6 Å². The number of hydrogen-bond donors (Lipinski definition) is 2. The molecule has 1 aliphatic heterocycles. The number of rotatable bonds is 8. The molecule has 12 heteroatoms. The van der Waals surface area contributed by atoms with Crippen LogP contribution >= 0.6 is 23.2 Å². The monoisotopic (exact) mass is 621 g/mol. The molecule has 0 saturated carbocycles. The molecule has 4 aromatic rings. The average molecular weight is 623 g/mol. The van der Waals surface area contributed by atoms with Crippen LogP contribution in [0.3, 0.4) is 0 Å². The van der Waals surface area contributed by atoms with Crippen LogP contribution in [-0.4, -0.2) is 49.1 Å². The molecule has 0 spiro atoms. The summed E-state index contributed by atoms with van der Waals surface area (Å²) in [6.07, 6.45) is 1.89. The van der Waals surface area contributed by atoms with Crippen molar-refractivity contribution >= 4 is 40.8 Å². The molecule has 1 fully saturated rings. The Morgan fingerprint density at radius 2 is 1.63 bits per heavy atom. The van der Waals surface area contributed by atoms with Gasteiger partial charge < -0.3 is 15.0 Å². The van der Waals surface area contributed by atoms with Crippen molar-refractivity contribution in [3.8, 4) is 22.4 Å². The number of carboxylic acids is 1. The highest BCUT2D eigenvalue weighted by Gasteiger charge is 2.32. The van der Waals surface area contributed by atoms with Gasteiger partial charge in [-0.2, -0.15) is 0 Å². The van der Waals surface area contributed by atoms with Crippen LogP contribution in [0.2, 0.25) is 10.0 Å². The third-order valence-corrected chi connectivity index (χ3v) is 8.42. The van der Waals surface area contributed by atoms with E-state index in [9.17, 15) is 19.2 Å². The summed E-state index contributed by atoms with van der Waals surface area (Å²) >= 11 is 13.7. The second-order valence-corrected chi connectivity index (χ2v) is 11.2. The van der Waals surface area contributed by atoms with Crippen LogP contribution in [0.25, 0.3) is 22.4 Å². The van der Waals surface area contributed by atoms with Crippen molar-refractivity contribution in [3.05, 3.63) is 102 Å². The molecule has 1 amide bonds. The molecule has 5 rings (SSSR count). The predicted molar refractivity (Wildman–Crippen MR) is 166 cm³/mol. The minimum atomic E-state index is -0.766. The van der Waals surface area contributed by atoms with Gasteiger partial charge in [-0.05, 0) is 24.1 Å². The molecule has 0 aliphatic carbocycles. The molecule has 1 aliphatic rings. The number of aryl methyl sites for hydroxylation is 2. The van der Waals surface area contributed by atoms with Gasteiger partial charge in [0.15, 0.2) is 0 Å². The number of nitrogens with one attached hydrogen (secondary N) is 1. The number of likely N-dealkylation sites (tertiary alicyclic amines) is 1. The molecule has 10 nitrogen and oxygen atoms in total. The van der Waals surface area contributed by atoms with E-state index in [1.165, 1.54) is 20.3 Å². The summed E-state index contributed by atoms with van der Waals surface area (Å²) in [5.74, 6) is -1.79. The lowest BCUT2D eigenvalue weighted by molar-refractivity contribution is -0.147. The summed E-state index contributed by atoms with van der Waals surface area (Å²) in [4.78, 5) is 55.7. The highest BCUT2D eigenvalue weighted by Crippen LogP contribution is 2.41. The second kappa shape index (κ2) is 12.2. The summed E-state index contributed by atoms with van der Waals surface area (Å²) in [5.41, 5.74) is 3.34. The molecular formula is C31H29Cl2N5O5. The summed E-state index contributed by atoms with van der Waals surface area (Å²) in [5, 5.41) is 12.5. The molecule has 0 unspecified atom stereocenters. The molecule has 2 N–H and O–H groups in total. The topological polar surface area (TPSA) is 127 Å². The fourth-order valence-corrected chi connectivity index (χ4v) is 5.75. The number of carbonyl (C=O) groups excluding carboxylic acids is 1. The van der Waals surface area contributed by atoms with E-state index in [4.69, 9.17) is 33.3 Å². The van der Waals surface area contributed by atoms with E-state index in [0.29, 0.717) is 53.5 Å². The first kappa shape index (κ1) is 30.2. The number of aromatic nitrogens is 3. The molecule has 0 atom stereocenters. The highest BCUT2D eigenvalue weighted by molar-refractivity contribution is 6.39. The minimum absolute atomic E-state index is 0.205. The number of hydrogen-bond acceptors (Lipinski definition) is 6. The van der Waals surface area contributed by atoms with E-state index < -0.39 is 23.1 Å². The first-order chi connectivity index (χ1) is 20.5. The van der Waals surface area contributed by atoms with Crippen molar-refractivity contribution in [2.75, 3.05) is 18.4 Å². The van der Waals surface area contributed by atoms with E-state index >= 15 is 0 Å². The van der Waals surface area contributed by atoms with Gasteiger partial charge in [-0.25, -0.2) is 4.79 Å². The van der Waals surface area contributed by atoms with Gasteiger partial charge >= 0.3 is 11.7 Å². The number of amides is 1. The van der Waals surface area contributed by atoms with Crippen molar-refractivity contribution in [2.45, 2.75) is 19.9 Å². The van der Waals surface area contributed by atoms with Crippen LogP contribution in [-0.2, 0) is 31.9 Å². The Morgan fingerprint density at radius 3 is 2.30 bits per heavy atom. The Hall–Kier alpha value is -4.25. The summed E-state index contributed by atoms with van der Waals surface area (Å²) in [6, 6.07) is 14.5. The Kier molecular flexibility index (Phi) is 8.55. The van der Waals surface area contributed by atoms with Gasteiger partial charge in [-0.15, -0.1) is 0 Å². The van der Waals surface area contributed by atoms with Crippen molar-refractivity contribution in [1.82, 2.24) is 19.0 Å². The van der Waals surface area contributed by atoms with Crippen LogP contribution in [0.15, 0.2) is 64.3 Å². The molecule has 2 aromatic heterocycles. The van der Waals surface area contributed by atoms with Crippen LogP contribution in [0.1, 0.15) is 28.5 Å². The lowest BCUT2D eigenvalue weighted by atomic mass is 9.98. The Bertz CT molecular complexity index is 1880. The zero-order valence-corrected chi connectivity index (χ0v) is 25.2. The van der Waals surface area contributed by atoms with E-state index in [1.54, 1.807) is 18.2 Å². The van der Waals surface area contributed by atoms with Crippen molar-refractivity contribution in [1.29, 1.82) is 0 Å². The van der Waals surface area contributed by atoms with Crippen molar-refractivity contribution in [3.63, 3.8) is 0 Å². The fourth-order valence-electron chi connectivity index (χ4n) is 5.15. The maximum absolute atomic E-state index is 13.0. The number of carboxylic acid groups (broad SMARTS) is 1. The van der Waals surface area contributed by atoms with Gasteiger partial charge in [-0.1, -0.05) is 66.5 Å². The third kappa shape index (κ3) is 5.86. The normalized spacial score (nSPS) is 13.5. The maximum atomic E-state index is 13.0. The lowest BCUT2D eigenvalue weighted by Gasteiger charge is -2.36. The van der Waals surface area contributed by atoms with E-state index in [-0.39, 0.29) is 22.2 Å². The molecule has 1 saturated heterocycles. The number of carbonyl (C=O) groups is 2. The summed E-state index contributed by atoms with van der Waals surface area (Å²) < 4.78 is 2.02. The van der Waals surface area contributed by atoms with Gasteiger partial charge in [0.1, 0.15) is 5.56 Å². The average Bonchev–Trinajstić information content (AvgIpc) is 2.96. The number of benzene rings is 2. The number of nitrogens with zero attached hydrogens (tertiary/aromatic N) is 4. The second-order valence-electron chi connectivity index (χ2n) is 10.5. The van der Waals surface area contributed by atoms with Crippen molar-refractivity contribution < 1.29 is 14.7 Å². The molecule has 43 heavy (non-hydrogen) atoms. The Balaban J connectivity index is 1.43. The summed E-state index contributed by atoms with van der Waals surface area (Å²) in [7, 11) is 2.76. The summed E-state index contributed by atoms with van der Waals surface area (Å²) in [6.45, 7) is 3.70. The van der Waals surface area contributed by atoms with E-state index in [1.807, 2.05) is 37.3 Å². The Morgan fingerprint density at radius 1 is 0.977 bits per heavy atom. The zero-order chi connectivity index (χ0) is 31.0. The smallest absolute Gasteiger partial charge is 0.330 e. The molecule has 2 aromatic carbocycles. The first-order valence-electron chi connectivity index (χ1n) is 13.6. The van der Waals surface area contributed by atoms with Gasteiger partial charge in [-0.3, -0.25) is 28.8 Å². The van der Waals surface area contributed by atoms with Crippen molar-refractivity contribution in [2.24, 2.45) is 20.0 Å². The standard InChI is InChI=1S/C31H29Cl2N5O5/c1-4-23-17(13-38-14-18(15-38)30(41)42)11-12-24(34-23)21-9-5-7-19(26(21)32)20-8-6-10-25(27(20)33)35-28(39)22-16-36(2)31(43)37(3)29(22)40/h5-12,16,18H,4,13-15H2,1-3H3,(H,35,39)(H,41,42). The van der Waals surface area contributed by atoms with Gasteiger partial charge in [0, 0.05) is 62.3 Å². The predicted octanol–water partition coefficient (Wildman–Crippen LogP) is 4.45. The first-order valence-corrected chi connectivity index (χ1v) is 14.4. The lowest BCUT2D eigenvalue weighted by Crippen LogP contribution is -2.49. The minimum Gasteiger partial charge on any atom is -0.481 e. The molecular weight excluding hydrogens is 593 g/mol. The van der Waals surface area contributed by atoms with Gasteiger partial charge in [0.25, 0.3) is 11.5 Å². The van der Waals surface area contributed by atoms with Crippen LogP contribution in [0.4, 0.5) is 5.69 Å². The van der Waals surface area contributed by atoms with Crippen LogP contribution in [0, 0.1) is 5.92 Å². The number of halogens is 2. The molecule has 3 heterocycles. The number of anilines is 1. The van der Waals surface area contributed by atoms with Gasteiger partial charge in [0.2, 0.25) is 0 Å². The molecule has 0 radical (unpaired) electrons. The van der Waals surface area contributed by atoms with E-state index in [0.717, 1.165) is 20.4 Å². The van der Waals surface area contributed by atoms with Crippen LogP contribution in [0.5, 0.6) is 0 Å². The molecule has 222 valence electrons. The SMILES string of the molecule is CCc1nc(-c2cccc(-c3cccc(NC(=O)c4cn(C)c(=O)n(C)c4=O)c3Cl)c2Cl)ccc1CN1CC(C(=O)O)C1. The largest absolute Gasteiger partial charge is 0.481 e. The number of pyridine rings is 1. The van der Waals surface area contributed by atoms with E-state index in [2.05, 4.69) is 10.2 Å². The Labute approximate surface area is 257 Å². The third-order valence-electron chi connectivity index (χ3n) is 7.61. The number of aliphatic carboxylic acids is 1. The highest BCUT2D eigenvalue weighted by atomic mass is 35.5. The molecule has 0 bridgehead atoms. The van der Waals surface area contributed by atoms with Gasteiger partial charge in [0.05, 0.1) is 27.3 Å². The quantitative estimate of drug-likeness (QED) is 0.297. The maximum Gasteiger partial charge on any atom is 0.330 e. The zero-order valence-electron chi connectivity index (χ0n) is 23.7.